The van der Waals surface area contributed by atoms with E-state index in [0.29, 0.717) is 13.2 Å². The predicted octanol–water partition coefficient (Wildman–Crippen LogP) is 5.86. The van der Waals surface area contributed by atoms with Gasteiger partial charge >= 0.3 is 6.61 Å². The van der Waals surface area contributed by atoms with Crippen LogP contribution in [0.1, 0.15) is 54.6 Å². The standard InChI is InChI=1S/C25H28F2N4O3/c1-13-9-19-20(10-18(13)22-15(3)30-34-16(22)4)28-11-21-23(19)31(14(2)12-33-25(26)27)24(29-21)17-5-7-32-8-6-17/h9-11,14,17,25H,5-8,12H2,1-4H3/t14-/m0/s1. The Hall–Kier alpha value is -2.91. The van der Waals surface area contributed by atoms with Gasteiger partial charge in [-0.15, -0.1) is 0 Å². The molecule has 0 aliphatic carbocycles. The number of pyridine rings is 1. The summed E-state index contributed by atoms with van der Waals surface area (Å²) >= 11 is 0. The summed E-state index contributed by atoms with van der Waals surface area (Å²) in [5.74, 6) is 1.82. The van der Waals surface area contributed by atoms with E-state index in [1.54, 1.807) is 6.20 Å². The largest absolute Gasteiger partial charge is 0.381 e. The van der Waals surface area contributed by atoms with Gasteiger partial charge in [-0.05, 0) is 63.8 Å². The monoisotopic (exact) mass is 470 g/mol. The highest BCUT2D eigenvalue weighted by Gasteiger charge is 2.27. The van der Waals surface area contributed by atoms with Gasteiger partial charge in [0.1, 0.15) is 17.1 Å². The highest BCUT2D eigenvalue weighted by Crippen LogP contribution is 2.38. The molecule has 0 spiro atoms. The van der Waals surface area contributed by atoms with E-state index in [-0.39, 0.29) is 18.6 Å². The number of imidazole rings is 1. The fourth-order valence-corrected chi connectivity index (χ4v) is 5.06. The summed E-state index contributed by atoms with van der Waals surface area (Å²) in [4.78, 5) is 9.65. The van der Waals surface area contributed by atoms with E-state index in [4.69, 9.17) is 24.0 Å². The molecule has 1 fully saturated rings. The molecule has 4 heterocycles. The number of benzene rings is 1. The van der Waals surface area contributed by atoms with Crippen molar-refractivity contribution in [3.63, 3.8) is 0 Å². The van der Waals surface area contributed by atoms with E-state index in [2.05, 4.69) is 15.8 Å². The summed E-state index contributed by atoms with van der Waals surface area (Å²) in [7, 11) is 0. The van der Waals surface area contributed by atoms with Crippen molar-refractivity contribution >= 4 is 21.9 Å². The van der Waals surface area contributed by atoms with Gasteiger partial charge in [0, 0.05) is 30.1 Å². The average molecular weight is 471 g/mol. The summed E-state index contributed by atoms with van der Waals surface area (Å²) < 4.78 is 43.5. The molecule has 180 valence electrons. The van der Waals surface area contributed by atoms with Crippen LogP contribution in [-0.4, -0.2) is 46.1 Å². The molecule has 1 aliphatic rings. The lowest BCUT2D eigenvalue weighted by molar-refractivity contribution is -0.135. The maximum atomic E-state index is 12.9. The molecule has 4 aromatic rings. The third-order valence-electron chi connectivity index (χ3n) is 6.68. The lowest BCUT2D eigenvalue weighted by Crippen LogP contribution is -2.22. The summed E-state index contributed by atoms with van der Waals surface area (Å²) in [5, 5.41) is 5.03. The summed E-state index contributed by atoms with van der Waals surface area (Å²) in [5.41, 5.74) is 6.30. The molecular weight excluding hydrogens is 442 g/mol. The molecule has 1 aromatic carbocycles. The normalized spacial score (nSPS) is 16.2. The first kappa shape index (κ1) is 22.9. The van der Waals surface area contributed by atoms with Gasteiger partial charge in [-0.25, -0.2) is 4.98 Å². The molecule has 0 unspecified atom stereocenters. The fourth-order valence-electron chi connectivity index (χ4n) is 5.06. The van der Waals surface area contributed by atoms with Crippen molar-refractivity contribution in [2.75, 3.05) is 19.8 Å². The third-order valence-corrected chi connectivity index (χ3v) is 6.68. The van der Waals surface area contributed by atoms with Crippen LogP contribution in [0.25, 0.3) is 33.1 Å². The van der Waals surface area contributed by atoms with Crippen molar-refractivity contribution in [3.8, 4) is 11.1 Å². The molecule has 1 aliphatic heterocycles. The molecule has 0 N–H and O–H groups in total. The summed E-state index contributed by atoms with van der Waals surface area (Å²) in [6.07, 6.45) is 3.45. The predicted molar refractivity (Wildman–Crippen MR) is 124 cm³/mol. The number of ether oxygens (including phenoxy) is 2. The highest BCUT2D eigenvalue weighted by molar-refractivity contribution is 6.04. The summed E-state index contributed by atoms with van der Waals surface area (Å²) in [6.45, 7) is 6.15. The molecule has 0 radical (unpaired) electrons. The molecule has 34 heavy (non-hydrogen) atoms. The van der Waals surface area contributed by atoms with Crippen molar-refractivity contribution in [1.29, 1.82) is 0 Å². The second kappa shape index (κ2) is 9.03. The number of rotatable bonds is 6. The van der Waals surface area contributed by atoms with Crippen LogP contribution in [0.4, 0.5) is 8.78 Å². The molecule has 7 nitrogen and oxygen atoms in total. The zero-order valence-electron chi connectivity index (χ0n) is 19.8. The van der Waals surface area contributed by atoms with Gasteiger partial charge in [0.05, 0.1) is 35.6 Å². The Morgan fingerprint density at radius 1 is 1.15 bits per heavy atom. The minimum atomic E-state index is -2.82. The van der Waals surface area contributed by atoms with E-state index in [1.165, 1.54) is 0 Å². The van der Waals surface area contributed by atoms with E-state index in [0.717, 1.165) is 68.7 Å². The Morgan fingerprint density at radius 2 is 1.91 bits per heavy atom. The van der Waals surface area contributed by atoms with Gasteiger partial charge in [0.25, 0.3) is 0 Å². The Labute approximate surface area is 196 Å². The number of alkyl halides is 2. The van der Waals surface area contributed by atoms with Crippen LogP contribution in [-0.2, 0) is 9.47 Å². The van der Waals surface area contributed by atoms with Crippen molar-refractivity contribution in [2.24, 2.45) is 0 Å². The lowest BCUT2D eigenvalue weighted by Gasteiger charge is -2.25. The number of hydrogen-bond donors (Lipinski definition) is 0. The zero-order chi connectivity index (χ0) is 24.0. The van der Waals surface area contributed by atoms with Crippen molar-refractivity contribution in [1.82, 2.24) is 19.7 Å². The molecule has 9 heteroatoms. The molecule has 0 amide bonds. The number of nitrogens with zero attached hydrogens (tertiary/aromatic N) is 4. The first-order valence-corrected chi connectivity index (χ1v) is 11.6. The molecule has 3 aromatic heterocycles. The number of aromatic nitrogens is 4. The Morgan fingerprint density at radius 3 is 2.59 bits per heavy atom. The lowest BCUT2D eigenvalue weighted by atomic mass is 9.96. The topological polar surface area (TPSA) is 75.2 Å². The van der Waals surface area contributed by atoms with E-state index in [1.807, 2.05) is 33.8 Å². The van der Waals surface area contributed by atoms with Gasteiger partial charge in [-0.2, -0.15) is 8.78 Å². The number of halogens is 2. The van der Waals surface area contributed by atoms with Crippen molar-refractivity contribution in [2.45, 2.75) is 59.1 Å². The van der Waals surface area contributed by atoms with Crippen LogP contribution in [0, 0.1) is 20.8 Å². The number of aryl methyl sites for hydroxylation is 3. The van der Waals surface area contributed by atoms with Crippen LogP contribution >= 0.6 is 0 Å². The van der Waals surface area contributed by atoms with Crippen LogP contribution in [0.5, 0.6) is 0 Å². The van der Waals surface area contributed by atoms with Gasteiger partial charge in [-0.1, -0.05) is 5.16 Å². The van der Waals surface area contributed by atoms with E-state index in [9.17, 15) is 8.78 Å². The second-order valence-corrected chi connectivity index (χ2v) is 9.05. The Balaban J connectivity index is 1.72. The second-order valence-electron chi connectivity index (χ2n) is 9.05. The highest BCUT2D eigenvalue weighted by atomic mass is 19.3. The SMILES string of the molecule is Cc1cc2c(cc1-c1c(C)noc1C)ncc1nc(C3CCOCC3)n([C@@H](C)COC(F)F)c12. The maximum absolute atomic E-state index is 12.9. The average Bonchev–Trinajstić information content (AvgIpc) is 3.38. The minimum Gasteiger partial charge on any atom is -0.381 e. The van der Waals surface area contributed by atoms with Gasteiger partial charge < -0.3 is 18.6 Å². The Kier molecular flexibility index (Phi) is 6.07. The van der Waals surface area contributed by atoms with E-state index < -0.39 is 6.61 Å². The van der Waals surface area contributed by atoms with Crippen molar-refractivity contribution < 1.29 is 22.8 Å². The van der Waals surface area contributed by atoms with Crippen LogP contribution < -0.4 is 0 Å². The molecule has 0 saturated carbocycles. The van der Waals surface area contributed by atoms with Crippen LogP contribution in [0.15, 0.2) is 22.9 Å². The molecular formula is C25H28F2N4O3. The molecule has 1 atom stereocenters. The first-order chi connectivity index (χ1) is 16.3. The van der Waals surface area contributed by atoms with Gasteiger partial charge in [-0.3, -0.25) is 4.98 Å². The quantitative estimate of drug-likeness (QED) is 0.351. The number of fused-ring (bicyclic) bond motifs is 3. The smallest absolute Gasteiger partial charge is 0.345 e. The minimum absolute atomic E-state index is 0.112. The van der Waals surface area contributed by atoms with Crippen molar-refractivity contribution in [3.05, 3.63) is 41.2 Å². The maximum Gasteiger partial charge on any atom is 0.345 e. The zero-order valence-corrected chi connectivity index (χ0v) is 19.8. The van der Waals surface area contributed by atoms with Gasteiger partial charge in [0.2, 0.25) is 0 Å². The number of hydrogen-bond acceptors (Lipinski definition) is 6. The molecule has 5 rings (SSSR count). The Bertz CT molecular complexity index is 1320. The molecule has 1 saturated heterocycles. The third kappa shape index (κ3) is 3.96. The van der Waals surface area contributed by atoms with Gasteiger partial charge in [0.15, 0.2) is 0 Å². The summed E-state index contributed by atoms with van der Waals surface area (Å²) in [6, 6.07) is 3.81. The van der Waals surface area contributed by atoms with Crippen LogP contribution in [0.2, 0.25) is 0 Å². The first-order valence-electron chi connectivity index (χ1n) is 11.6. The fraction of sp³-hybridized carbons (Fsp3) is 0.480. The van der Waals surface area contributed by atoms with Crippen LogP contribution in [0.3, 0.4) is 0 Å². The molecule has 0 bridgehead atoms. The van der Waals surface area contributed by atoms with E-state index >= 15 is 0 Å².